The Bertz CT molecular complexity index is 1270. The van der Waals surface area contributed by atoms with Crippen LogP contribution in [0.3, 0.4) is 0 Å². The number of halogens is 3. The second-order valence-corrected chi connectivity index (χ2v) is 8.89. The molecule has 1 atom stereocenters. The van der Waals surface area contributed by atoms with Crippen LogP contribution < -0.4 is 5.32 Å². The zero-order chi connectivity index (χ0) is 24.0. The van der Waals surface area contributed by atoms with E-state index in [1.807, 2.05) is 37.4 Å². The highest BCUT2D eigenvalue weighted by molar-refractivity contribution is 6.05. The Morgan fingerprint density at radius 1 is 1.24 bits per heavy atom. The summed E-state index contributed by atoms with van der Waals surface area (Å²) < 4.78 is 41.1. The standard InChI is InChI=1S/C24H24F3N5O2/c1-30-20-8-7-18(10-16(20)11-28-30)29-19-6-2-4-15-12-32(23(34)22(15)19)14-21(33)31-9-3-5-17(13-31)24(25,26)27/h2,4,6-8,10-11,17,29H,3,5,9,12-14H2,1H3. The predicted octanol–water partition coefficient (Wildman–Crippen LogP) is 4.07. The number of carbonyl (C=O) groups is 2. The van der Waals surface area contributed by atoms with Crippen molar-refractivity contribution >= 4 is 34.1 Å². The molecule has 10 heteroatoms. The molecule has 2 aromatic carbocycles. The summed E-state index contributed by atoms with van der Waals surface area (Å²) in [6.07, 6.45) is -2.23. The third-order valence-corrected chi connectivity index (χ3v) is 6.60. The quantitative estimate of drug-likeness (QED) is 0.623. The Hall–Kier alpha value is -3.56. The third-order valence-electron chi connectivity index (χ3n) is 6.60. The van der Waals surface area contributed by atoms with Gasteiger partial charge in [-0.25, -0.2) is 0 Å². The molecule has 3 aromatic rings. The first-order chi connectivity index (χ1) is 16.2. The van der Waals surface area contributed by atoms with Crippen molar-refractivity contribution in [1.29, 1.82) is 0 Å². The van der Waals surface area contributed by atoms with Gasteiger partial charge in [-0.1, -0.05) is 12.1 Å². The summed E-state index contributed by atoms with van der Waals surface area (Å²) in [4.78, 5) is 28.6. The molecule has 0 radical (unpaired) electrons. The number of piperidine rings is 1. The lowest BCUT2D eigenvalue weighted by atomic mass is 9.97. The molecule has 0 aliphatic carbocycles. The topological polar surface area (TPSA) is 70.5 Å². The highest BCUT2D eigenvalue weighted by atomic mass is 19.4. The molecule has 2 aliphatic rings. The monoisotopic (exact) mass is 471 g/mol. The number of aromatic nitrogens is 2. The van der Waals surface area contributed by atoms with E-state index in [0.717, 1.165) is 22.2 Å². The molecule has 1 saturated heterocycles. The van der Waals surface area contributed by atoms with Crippen molar-refractivity contribution in [1.82, 2.24) is 19.6 Å². The van der Waals surface area contributed by atoms with Gasteiger partial charge in [-0.05, 0) is 42.7 Å². The van der Waals surface area contributed by atoms with Crippen molar-refractivity contribution in [2.45, 2.75) is 25.6 Å². The number of aryl methyl sites for hydroxylation is 1. The molecule has 0 bridgehead atoms. The first-order valence-corrected chi connectivity index (χ1v) is 11.1. The number of nitrogens with one attached hydrogen (secondary N) is 1. The van der Waals surface area contributed by atoms with Crippen molar-refractivity contribution in [3.63, 3.8) is 0 Å². The highest BCUT2D eigenvalue weighted by Crippen LogP contribution is 2.34. The van der Waals surface area contributed by atoms with E-state index in [0.29, 0.717) is 17.7 Å². The largest absolute Gasteiger partial charge is 0.393 e. The van der Waals surface area contributed by atoms with E-state index in [4.69, 9.17) is 0 Å². The third kappa shape index (κ3) is 4.08. The minimum Gasteiger partial charge on any atom is -0.355 e. The summed E-state index contributed by atoms with van der Waals surface area (Å²) in [5, 5.41) is 8.48. The van der Waals surface area contributed by atoms with Gasteiger partial charge in [0.1, 0.15) is 6.54 Å². The lowest BCUT2D eigenvalue weighted by Crippen LogP contribution is -2.48. The summed E-state index contributed by atoms with van der Waals surface area (Å²) in [6, 6.07) is 11.2. The molecular formula is C24H24F3N5O2. The van der Waals surface area contributed by atoms with Crippen LogP contribution in [-0.4, -0.2) is 57.2 Å². The van der Waals surface area contributed by atoms with Crippen LogP contribution in [0.25, 0.3) is 10.9 Å². The Balaban J connectivity index is 1.31. The van der Waals surface area contributed by atoms with E-state index < -0.39 is 18.0 Å². The Morgan fingerprint density at radius 3 is 2.85 bits per heavy atom. The predicted molar refractivity (Wildman–Crippen MR) is 121 cm³/mol. The number of benzene rings is 2. The van der Waals surface area contributed by atoms with Gasteiger partial charge >= 0.3 is 6.18 Å². The molecule has 2 aliphatic heterocycles. The van der Waals surface area contributed by atoms with Crippen LogP contribution in [0.15, 0.2) is 42.6 Å². The molecule has 2 amide bonds. The first-order valence-electron chi connectivity index (χ1n) is 11.1. The van der Waals surface area contributed by atoms with E-state index >= 15 is 0 Å². The van der Waals surface area contributed by atoms with Gasteiger partial charge in [0, 0.05) is 37.8 Å². The number of fused-ring (bicyclic) bond motifs is 2. The van der Waals surface area contributed by atoms with Crippen LogP contribution in [0.2, 0.25) is 0 Å². The number of hydrogen-bond donors (Lipinski definition) is 1. The van der Waals surface area contributed by atoms with Crippen LogP contribution >= 0.6 is 0 Å². The average Bonchev–Trinajstić information content (AvgIpc) is 3.33. The van der Waals surface area contributed by atoms with E-state index in [1.165, 1.54) is 9.80 Å². The Kier molecular flexibility index (Phi) is 5.45. The normalized spacial score (nSPS) is 18.5. The van der Waals surface area contributed by atoms with E-state index in [1.54, 1.807) is 16.9 Å². The fourth-order valence-corrected chi connectivity index (χ4v) is 4.78. The number of hydrogen-bond acceptors (Lipinski definition) is 4. The molecule has 1 aromatic heterocycles. The number of rotatable bonds is 4. The number of nitrogens with zero attached hydrogens (tertiary/aromatic N) is 4. The molecule has 7 nitrogen and oxygen atoms in total. The molecule has 0 saturated carbocycles. The highest BCUT2D eigenvalue weighted by Gasteiger charge is 2.43. The molecule has 1 N–H and O–H groups in total. The first kappa shape index (κ1) is 22.2. The number of carbonyl (C=O) groups excluding carboxylic acids is 2. The molecule has 3 heterocycles. The van der Waals surface area contributed by atoms with Crippen LogP contribution in [0, 0.1) is 5.92 Å². The maximum atomic E-state index is 13.2. The summed E-state index contributed by atoms with van der Waals surface area (Å²) in [5.41, 5.74) is 3.65. The van der Waals surface area contributed by atoms with Gasteiger partial charge in [-0.15, -0.1) is 0 Å². The van der Waals surface area contributed by atoms with Crippen molar-refractivity contribution in [2.24, 2.45) is 13.0 Å². The van der Waals surface area contributed by atoms with Gasteiger partial charge in [-0.2, -0.15) is 18.3 Å². The fourth-order valence-electron chi connectivity index (χ4n) is 4.78. The lowest BCUT2D eigenvalue weighted by molar-refractivity contribution is -0.188. The van der Waals surface area contributed by atoms with Gasteiger partial charge in [-0.3, -0.25) is 14.3 Å². The minimum absolute atomic E-state index is 0.0290. The summed E-state index contributed by atoms with van der Waals surface area (Å²) in [7, 11) is 1.86. The van der Waals surface area contributed by atoms with Gasteiger partial charge in [0.2, 0.25) is 5.91 Å². The molecule has 1 unspecified atom stereocenters. The zero-order valence-electron chi connectivity index (χ0n) is 18.6. The van der Waals surface area contributed by atoms with Gasteiger partial charge in [0.05, 0.1) is 28.9 Å². The number of likely N-dealkylation sites (tertiary alicyclic amines) is 1. The van der Waals surface area contributed by atoms with Crippen LogP contribution in [0.1, 0.15) is 28.8 Å². The van der Waals surface area contributed by atoms with Gasteiger partial charge in [0.15, 0.2) is 0 Å². The summed E-state index contributed by atoms with van der Waals surface area (Å²) in [5.74, 6) is -2.27. The van der Waals surface area contributed by atoms with Crippen molar-refractivity contribution in [3.8, 4) is 0 Å². The smallest absolute Gasteiger partial charge is 0.355 e. The van der Waals surface area contributed by atoms with E-state index in [2.05, 4.69) is 10.4 Å². The second kappa shape index (κ2) is 8.34. The van der Waals surface area contributed by atoms with Crippen molar-refractivity contribution in [2.75, 3.05) is 25.0 Å². The molecular weight excluding hydrogens is 447 g/mol. The van der Waals surface area contributed by atoms with Crippen molar-refractivity contribution in [3.05, 3.63) is 53.7 Å². The minimum atomic E-state index is -4.32. The lowest BCUT2D eigenvalue weighted by Gasteiger charge is -2.34. The number of alkyl halides is 3. The molecule has 178 valence electrons. The van der Waals surface area contributed by atoms with Gasteiger partial charge < -0.3 is 15.1 Å². The maximum Gasteiger partial charge on any atom is 0.393 e. The summed E-state index contributed by atoms with van der Waals surface area (Å²) >= 11 is 0. The SMILES string of the molecule is Cn1ncc2cc(Nc3cccc4c3C(=O)N(CC(=O)N3CCCC(C(F)(F)F)C3)C4)ccc21. The number of amides is 2. The molecule has 34 heavy (non-hydrogen) atoms. The summed E-state index contributed by atoms with van der Waals surface area (Å²) in [6.45, 7) is -0.0578. The van der Waals surface area contributed by atoms with Crippen LogP contribution in [0.4, 0.5) is 24.5 Å². The number of anilines is 2. The van der Waals surface area contributed by atoms with E-state index in [-0.39, 0.29) is 38.5 Å². The second-order valence-electron chi connectivity index (χ2n) is 8.89. The zero-order valence-corrected chi connectivity index (χ0v) is 18.6. The van der Waals surface area contributed by atoms with Crippen molar-refractivity contribution < 1.29 is 22.8 Å². The Morgan fingerprint density at radius 2 is 2.06 bits per heavy atom. The van der Waals surface area contributed by atoms with E-state index in [9.17, 15) is 22.8 Å². The molecule has 5 rings (SSSR count). The van der Waals surface area contributed by atoms with Crippen LogP contribution in [0.5, 0.6) is 0 Å². The van der Waals surface area contributed by atoms with Crippen LogP contribution in [-0.2, 0) is 18.4 Å². The molecule has 1 fully saturated rings. The Labute approximate surface area is 194 Å². The fraction of sp³-hybridized carbons (Fsp3) is 0.375. The molecule has 0 spiro atoms. The average molecular weight is 471 g/mol. The van der Waals surface area contributed by atoms with Gasteiger partial charge in [0.25, 0.3) is 5.91 Å². The maximum absolute atomic E-state index is 13.2.